The van der Waals surface area contributed by atoms with E-state index in [0.29, 0.717) is 73.5 Å². The molecule has 0 radical (unpaired) electrons. The summed E-state index contributed by atoms with van der Waals surface area (Å²) in [6.45, 7) is 13.0. The highest BCUT2D eigenvalue weighted by atomic mass is 19.1. The molecule has 0 atom stereocenters. The Bertz CT molecular complexity index is 1280. The van der Waals surface area contributed by atoms with E-state index in [-0.39, 0.29) is 12.6 Å². The summed E-state index contributed by atoms with van der Waals surface area (Å²) in [4.78, 5) is 29.1. The minimum Gasteiger partial charge on any atom is -0.380 e. The summed E-state index contributed by atoms with van der Waals surface area (Å²) in [5.41, 5.74) is 1.94. The Hall–Kier alpha value is -4.18. The number of aliphatic imine (C=N–C) groups is 1. The van der Waals surface area contributed by atoms with E-state index in [2.05, 4.69) is 45.2 Å². The zero-order valence-electron chi connectivity index (χ0n) is 25.0. The first kappa shape index (κ1) is 33.3. The number of hydrogen-bond donors (Lipinski definition) is 2. The first-order valence-electron chi connectivity index (χ1n) is 14.4. The summed E-state index contributed by atoms with van der Waals surface area (Å²) in [6.07, 6.45) is 8.11. The Morgan fingerprint density at radius 1 is 1.16 bits per heavy atom. The lowest BCUT2D eigenvalue weighted by Crippen LogP contribution is -2.41. The molecule has 11 nitrogen and oxygen atoms in total. The quantitative estimate of drug-likeness (QED) is 0.307. The van der Waals surface area contributed by atoms with Crippen LogP contribution < -0.4 is 15.5 Å². The van der Waals surface area contributed by atoms with Crippen molar-refractivity contribution in [2.45, 2.75) is 26.7 Å². The lowest BCUT2D eigenvalue weighted by atomic mass is 10.1. The number of aromatic nitrogens is 2. The summed E-state index contributed by atoms with van der Waals surface area (Å²) in [7, 11) is 0. The number of allylic oxidation sites excluding steroid dienone is 3. The molecular weight excluding hydrogens is 551 g/mol. The average molecular weight is 593 g/mol. The van der Waals surface area contributed by atoms with Crippen molar-refractivity contribution in [3.8, 4) is 6.07 Å². The van der Waals surface area contributed by atoms with Crippen LogP contribution in [0.5, 0.6) is 0 Å². The molecule has 0 spiro atoms. The van der Waals surface area contributed by atoms with Crippen LogP contribution in [0.4, 0.5) is 21.7 Å². The predicted octanol–water partition coefficient (Wildman–Crippen LogP) is 4.27. The van der Waals surface area contributed by atoms with Crippen LogP contribution in [0.3, 0.4) is 0 Å². The predicted molar refractivity (Wildman–Crippen MR) is 168 cm³/mol. The van der Waals surface area contributed by atoms with E-state index in [1.807, 2.05) is 15.9 Å². The average Bonchev–Trinajstić information content (AvgIpc) is 3.33. The van der Waals surface area contributed by atoms with Gasteiger partial charge in [0.2, 0.25) is 5.91 Å². The third-order valence-electron chi connectivity index (χ3n) is 6.67. The minimum atomic E-state index is -0.519. The second-order valence-corrected chi connectivity index (χ2v) is 9.85. The number of hydrogen-bond acceptors (Lipinski definition) is 10. The van der Waals surface area contributed by atoms with Crippen LogP contribution in [0.25, 0.3) is 5.57 Å². The topological polar surface area (TPSA) is 128 Å². The number of pyridine rings is 2. The number of nitriles is 1. The number of rotatable bonds is 10. The van der Waals surface area contributed by atoms with Gasteiger partial charge in [-0.1, -0.05) is 13.0 Å². The number of amides is 1. The largest absolute Gasteiger partial charge is 0.380 e. The van der Waals surface area contributed by atoms with E-state index >= 15 is 0 Å². The summed E-state index contributed by atoms with van der Waals surface area (Å²) in [5, 5.41) is 15.5. The number of carbonyl (C=O) groups excluding carboxylic acids is 1. The molecule has 12 heteroatoms. The van der Waals surface area contributed by atoms with E-state index in [1.54, 1.807) is 37.5 Å². The van der Waals surface area contributed by atoms with Crippen LogP contribution in [0.15, 0.2) is 54.1 Å². The van der Waals surface area contributed by atoms with Gasteiger partial charge in [-0.05, 0) is 43.5 Å². The molecule has 0 unspecified atom stereocenters. The summed E-state index contributed by atoms with van der Waals surface area (Å²) in [6, 6.07) is 7.29. The van der Waals surface area contributed by atoms with Gasteiger partial charge in [0.25, 0.3) is 0 Å². The first-order chi connectivity index (χ1) is 20.9. The minimum absolute atomic E-state index is 0.128. The molecule has 0 saturated carbocycles. The van der Waals surface area contributed by atoms with Crippen molar-refractivity contribution in [2.24, 2.45) is 4.99 Å². The van der Waals surface area contributed by atoms with Gasteiger partial charge in [0.1, 0.15) is 30.2 Å². The zero-order valence-corrected chi connectivity index (χ0v) is 25.0. The van der Waals surface area contributed by atoms with E-state index in [0.717, 1.165) is 38.7 Å². The number of nitrogens with one attached hydrogen (secondary N) is 2. The molecule has 0 bridgehead atoms. The molecule has 4 rings (SSSR count). The monoisotopic (exact) mass is 592 g/mol. The highest BCUT2D eigenvalue weighted by Gasteiger charge is 2.17. The summed E-state index contributed by atoms with van der Waals surface area (Å²) < 4.78 is 25.6. The van der Waals surface area contributed by atoms with Crippen LogP contribution >= 0.6 is 0 Å². The van der Waals surface area contributed by atoms with Crippen LogP contribution in [0.1, 0.15) is 37.8 Å². The smallest absolute Gasteiger partial charge is 0.239 e. The molecule has 4 heterocycles. The number of nitrogens with zero attached hydrogens (tertiary/aromatic N) is 6. The van der Waals surface area contributed by atoms with Gasteiger partial charge in [0.15, 0.2) is 0 Å². The number of morpholine rings is 1. The fourth-order valence-electron chi connectivity index (χ4n) is 4.17. The maximum absolute atomic E-state index is 14.8. The van der Waals surface area contributed by atoms with Crippen LogP contribution in [0.2, 0.25) is 0 Å². The first-order valence-corrected chi connectivity index (χ1v) is 14.4. The third kappa shape index (κ3) is 11.2. The maximum Gasteiger partial charge on any atom is 0.239 e. The molecule has 2 aliphatic rings. The fraction of sp³-hybridized carbons (Fsp3) is 0.452. The Labute approximate surface area is 253 Å². The molecule has 0 aliphatic carbocycles. The van der Waals surface area contributed by atoms with E-state index in [1.165, 1.54) is 0 Å². The highest BCUT2D eigenvalue weighted by molar-refractivity contribution is 5.91. The normalized spacial score (nSPS) is 16.3. The highest BCUT2D eigenvalue weighted by Crippen LogP contribution is 2.24. The van der Waals surface area contributed by atoms with Crippen LogP contribution in [-0.2, 0) is 14.3 Å². The van der Waals surface area contributed by atoms with Crippen molar-refractivity contribution >= 4 is 35.0 Å². The number of ether oxygens (including phenoxy) is 2. The molecule has 1 amide bonds. The van der Waals surface area contributed by atoms with Crippen molar-refractivity contribution in [2.75, 3.05) is 81.4 Å². The lowest BCUT2D eigenvalue weighted by Gasteiger charge is -2.25. The van der Waals surface area contributed by atoms with Gasteiger partial charge in [-0.15, -0.1) is 6.58 Å². The van der Waals surface area contributed by atoms with Crippen molar-refractivity contribution in [3.63, 3.8) is 0 Å². The lowest BCUT2D eigenvalue weighted by molar-refractivity contribution is -0.118. The Balaban J connectivity index is 0.00000119. The third-order valence-corrected chi connectivity index (χ3v) is 6.67. The molecule has 2 aromatic rings. The summed E-state index contributed by atoms with van der Waals surface area (Å²) in [5.74, 6) is 0.395. The van der Waals surface area contributed by atoms with Crippen LogP contribution in [-0.4, -0.2) is 92.8 Å². The second kappa shape index (κ2) is 18.4. The van der Waals surface area contributed by atoms with Gasteiger partial charge >= 0.3 is 0 Å². The Kier molecular flexibility index (Phi) is 14.2. The molecule has 2 fully saturated rings. The van der Waals surface area contributed by atoms with Crippen LogP contribution in [0, 0.1) is 11.3 Å². The second-order valence-electron chi connectivity index (χ2n) is 9.85. The molecule has 43 heavy (non-hydrogen) atoms. The molecule has 2 aliphatic heterocycles. The van der Waals surface area contributed by atoms with Crippen molar-refractivity contribution in [1.82, 2.24) is 14.9 Å². The SMILES string of the molecule is C/C(=C(F)\C=N/CNc1ccc(NC(=O)CN2CCOCC2)nc1)c1cnc(N2CCCOCC2)c(C#N)c1.C=CCC. The summed E-state index contributed by atoms with van der Waals surface area (Å²) >= 11 is 0. The van der Waals surface area contributed by atoms with Gasteiger partial charge in [-0.3, -0.25) is 14.7 Å². The molecule has 2 aromatic heterocycles. The number of halogens is 1. The van der Waals surface area contributed by atoms with Gasteiger partial charge in [-0.2, -0.15) is 5.26 Å². The molecule has 0 aromatic carbocycles. The van der Waals surface area contributed by atoms with Gasteiger partial charge in [0, 0.05) is 44.5 Å². The van der Waals surface area contributed by atoms with Gasteiger partial charge < -0.3 is 25.0 Å². The van der Waals surface area contributed by atoms with E-state index < -0.39 is 5.83 Å². The number of carbonyl (C=O) groups is 1. The molecule has 2 saturated heterocycles. The molecular formula is C31H41FN8O3. The van der Waals surface area contributed by atoms with Crippen molar-refractivity contribution < 1.29 is 18.7 Å². The number of anilines is 3. The van der Waals surface area contributed by atoms with E-state index in [4.69, 9.17) is 9.47 Å². The van der Waals surface area contributed by atoms with Crippen molar-refractivity contribution in [1.29, 1.82) is 5.26 Å². The molecule has 230 valence electrons. The Morgan fingerprint density at radius 3 is 2.60 bits per heavy atom. The molecule has 2 N–H and O–H groups in total. The Morgan fingerprint density at radius 2 is 1.91 bits per heavy atom. The zero-order chi connectivity index (χ0) is 30.9. The van der Waals surface area contributed by atoms with Gasteiger partial charge in [-0.25, -0.2) is 14.4 Å². The standard InChI is InChI=1S/C27H33FN8O3.C4H8/c1-20(22-13-21(14-29)27(32-15-22)36-5-2-9-38-12-8-36)24(28)17-30-19-33-23-3-4-25(31-16-23)34-26(37)18-35-6-10-39-11-7-35;1-3-4-2/h3-4,13,15-17,33H,2,5-12,18-19H2,1H3,(H,31,34,37);3H,1,4H2,2H3/b24-20-,30-17-;. The van der Waals surface area contributed by atoms with E-state index in [9.17, 15) is 14.4 Å². The fourth-order valence-corrected chi connectivity index (χ4v) is 4.17. The maximum atomic E-state index is 14.8. The van der Waals surface area contributed by atoms with Crippen molar-refractivity contribution in [3.05, 3.63) is 60.2 Å². The van der Waals surface area contributed by atoms with Gasteiger partial charge in [0.05, 0.1) is 50.0 Å².